The van der Waals surface area contributed by atoms with E-state index in [9.17, 15) is 18.6 Å². The number of nitrogens with one attached hydrogen (secondary N) is 1. The quantitative estimate of drug-likeness (QED) is 0.547. The number of carbonyl (C=O) groups is 3. The number of ether oxygens (including phenoxy) is 2. The maximum absolute atomic E-state index is 13.4. The Bertz CT molecular complexity index is 1090. The summed E-state index contributed by atoms with van der Waals surface area (Å²) < 4.78 is 23.1. The van der Waals surface area contributed by atoms with Crippen molar-refractivity contribution < 1.29 is 33.2 Å². The summed E-state index contributed by atoms with van der Waals surface area (Å²) in [7, 11) is 0.161. The number of aliphatic hydroxyl groups excluding tert-OH is 1. The van der Waals surface area contributed by atoms with E-state index in [4.69, 9.17) is 14.6 Å². The normalized spacial score (nSPS) is 14.7. The van der Waals surface area contributed by atoms with Crippen molar-refractivity contribution in [3.63, 3.8) is 0 Å². The van der Waals surface area contributed by atoms with Crippen LogP contribution >= 0.6 is 0 Å². The molecule has 0 saturated carbocycles. The van der Waals surface area contributed by atoms with Gasteiger partial charge in [-0.1, -0.05) is 12.1 Å². The van der Waals surface area contributed by atoms with Gasteiger partial charge < -0.3 is 19.9 Å². The number of hydrogen-bond donors (Lipinski definition) is 2. The highest BCUT2D eigenvalue weighted by Crippen LogP contribution is 2.38. The van der Waals surface area contributed by atoms with Gasteiger partial charge in [0.15, 0.2) is 11.5 Å². The van der Waals surface area contributed by atoms with Gasteiger partial charge in [-0.2, -0.15) is 0 Å². The minimum Gasteiger partial charge on any atom is -0.493 e. The number of benzene rings is 2. The van der Waals surface area contributed by atoms with Crippen molar-refractivity contribution in [2.75, 3.05) is 37.6 Å². The van der Waals surface area contributed by atoms with Crippen LogP contribution in [0.25, 0.3) is 0 Å². The molecule has 1 heterocycles. The molecule has 9 nitrogen and oxygen atoms in total. The molecule has 0 aromatic heterocycles. The first-order valence-electron chi connectivity index (χ1n) is 9.84. The van der Waals surface area contributed by atoms with Gasteiger partial charge in [-0.25, -0.2) is 0 Å². The smallest absolute Gasteiger partial charge is 0.264 e. The van der Waals surface area contributed by atoms with E-state index in [2.05, 4.69) is 5.32 Å². The summed E-state index contributed by atoms with van der Waals surface area (Å²) in [6.45, 7) is 1.43. The fraction of sp³-hybridized carbons (Fsp3) is 0.318. The second-order valence-corrected chi connectivity index (χ2v) is 8.49. The van der Waals surface area contributed by atoms with Crippen LogP contribution in [0.15, 0.2) is 36.4 Å². The van der Waals surface area contributed by atoms with Gasteiger partial charge in [-0.05, 0) is 36.8 Å². The lowest BCUT2D eigenvalue weighted by Gasteiger charge is -2.26. The molecule has 0 saturated heterocycles. The van der Waals surface area contributed by atoms with E-state index in [1.165, 1.54) is 31.6 Å². The number of imide groups is 1. The summed E-state index contributed by atoms with van der Waals surface area (Å²) in [5.74, 6) is -0.950. The SMILES string of the molecule is CCOc1cc([C@@H](CS(C)=O)N2C(=O)c3cccc(NC(=O)CO)c3C2=O)ccc1OC. The van der Waals surface area contributed by atoms with Crippen molar-refractivity contribution in [1.82, 2.24) is 4.90 Å². The number of hydrogen-bond acceptors (Lipinski definition) is 7. The Kier molecular flexibility index (Phi) is 7.26. The Hall–Kier alpha value is -3.24. The largest absolute Gasteiger partial charge is 0.493 e. The molecule has 2 aromatic rings. The molecule has 32 heavy (non-hydrogen) atoms. The van der Waals surface area contributed by atoms with Gasteiger partial charge in [-0.3, -0.25) is 23.5 Å². The number of aliphatic hydroxyl groups is 1. The Labute approximate surface area is 187 Å². The minimum atomic E-state index is -1.34. The molecule has 10 heteroatoms. The minimum absolute atomic E-state index is 0.0156. The predicted octanol–water partition coefficient (Wildman–Crippen LogP) is 1.74. The molecule has 0 bridgehead atoms. The lowest BCUT2D eigenvalue weighted by molar-refractivity contribution is -0.118. The van der Waals surface area contributed by atoms with Crippen LogP contribution in [-0.4, -0.2) is 64.3 Å². The lowest BCUT2D eigenvalue weighted by Crippen LogP contribution is -2.37. The van der Waals surface area contributed by atoms with Crippen molar-refractivity contribution in [2.45, 2.75) is 13.0 Å². The van der Waals surface area contributed by atoms with Gasteiger partial charge in [0, 0.05) is 22.8 Å². The van der Waals surface area contributed by atoms with Gasteiger partial charge in [0.05, 0.1) is 36.6 Å². The summed E-state index contributed by atoms with van der Waals surface area (Å²) >= 11 is 0. The number of nitrogens with zero attached hydrogens (tertiary/aromatic N) is 1. The number of methoxy groups -OCH3 is 1. The zero-order chi connectivity index (χ0) is 23.4. The molecule has 1 unspecified atom stereocenters. The van der Waals surface area contributed by atoms with E-state index in [-0.39, 0.29) is 22.6 Å². The summed E-state index contributed by atoms with van der Waals surface area (Å²) in [6, 6.07) is 8.69. The fourth-order valence-electron chi connectivity index (χ4n) is 3.59. The third kappa shape index (κ3) is 4.51. The topological polar surface area (TPSA) is 122 Å². The summed E-state index contributed by atoms with van der Waals surface area (Å²) in [5, 5.41) is 11.5. The fourth-order valence-corrected chi connectivity index (χ4v) is 4.38. The monoisotopic (exact) mass is 460 g/mol. The first-order valence-corrected chi connectivity index (χ1v) is 11.6. The Morgan fingerprint density at radius 1 is 1.19 bits per heavy atom. The molecule has 0 fully saturated rings. The van der Waals surface area contributed by atoms with Crippen LogP contribution in [-0.2, 0) is 15.6 Å². The van der Waals surface area contributed by atoms with Gasteiger partial charge in [0.1, 0.15) is 6.61 Å². The van der Waals surface area contributed by atoms with Crippen LogP contribution in [0.1, 0.15) is 39.2 Å². The highest BCUT2D eigenvalue weighted by molar-refractivity contribution is 7.84. The van der Waals surface area contributed by atoms with E-state index in [1.807, 2.05) is 6.92 Å². The van der Waals surface area contributed by atoms with Crippen molar-refractivity contribution in [3.05, 3.63) is 53.1 Å². The predicted molar refractivity (Wildman–Crippen MR) is 118 cm³/mol. The molecule has 2 atom stereocenters. The molecule has 0 radical (unpaired) electrons. The number of carbonyl (C=O) groups excluding carboxylic acids is 3. The maximum atomic E-state index is 13.4. The molecule has 3 amide bonds. The van der Waals surface area contributed by atoms with Gasteiger partial charge in [0.25, 0.3) is 11.8 Å². The molecule has 2 aromatic carbocycles. The van der Waals surface area contributed by atoms with Crippen molar-refractivity contribution in [2.24, 2.45) is 0 Å². The Balaban J connectivity index is 2.07. The molecule has 0 spiro atoms. The molecule has 3 rings (SSSR count). The van der Waals surface area contributed by atoms with Gasteiger partial charge in [-0.15, -0.1) is 0 Å². The Morgan fingerprint density at radius 2 is 1.94 bits per heavy atom. The van der Waals surface area contributed by atoms with Crippen LogP contribution in [0.4, 0.5) is 5.69 Å². The van der Waals surface area contributed by atoms with Crippen LogP contribution in [0, 0.1) is 0 Å². The summed E-state index contributed by atoms with van der Waals surface area (Å²) in [5.41, 5.74) is 0.837. The molecule has 1 aliphatic rings. The third-order valence-corrected chi connectivity index (χ3v) is 5.73. The van der Waals surface area contributed by atoms with Gasteiger partial charge in [0.2, 0.25) is 5.91 Å². The number of rotatable bonds is 9. The molecule has 1 aliphatic heterocycles. The maximum Gasteiger partial charge on any atom is 0.264 e. The molecular weight excluding hydrogens is 436 g/mol. The second-order valence-electron chi connectivity index (χ2n) is 7.01. The van der Waals surface area contributed by atoms with E-state index in [0.29, 0.717) is 23.7 Å². The zero-order valence-electron chi connectivity index (χ0n) is 17.9. The van der Waals surface area contributed by atoms with Crippen molar-refractivity contribution in [3.8, 4) is 11.5 Å². The van der Waals surface area contributed by atoms with Crippen molar-refractivity contribution in [1.29, 1.82) is 0 Å². The number of amides is 3. The van der Waals surface area contributed by atoms with Crippen LogP contribution in [0.2, 0.25) is 0 Å². The summed E-state index contributed by atoms with van der Waals surface area (Å²) in [4.78, 5) is 39.3. The van der Waals surface area contributed by atoms with Gasteiger partial charge >= 0.3 is 0 Å². The summed E-state index contributed by atoms with van der Waals surface area (Å²) in [6.07, 6.45) is 1.49. The number of fused-ring (bicyclic) bond motifs is 1. The third-order valence-electron chi connectivity index (χ3n) is 4.94. The lowest BCUT2D eigenvalue weighted by atomic mass is 10.1. The zero-order valence-corrected chi connectivity index (χ0v) is 18.7. The Morgan fingerprint density at radius 3 is 2.56 bits per heavy atom. The first kappa shape index (κ1) is 23.4. The number of anilines is 1. The van der Waals surface area contributed by atoms with E-state index < -0.39 is 41.2 Å². The average Bonchev–Trinajstić information content (AvgIpc) is 3.03. The molecule has 0 aliphatic carbocycles. The molecular formula is C22H24N2O7S. The van der Waals surface area contributed by atoms with E-state index >= 15 is 0 Å². The second kappa shape index (κ2) is 9.92. The van der Waals surface area contributed by atoms with Crippen LogP contribution in [0.5, 0.6) is 11.5 Å². The standard InChI is InChI=1S/C22H24N2O7S/c1-4-31-18-10-13(8-9-17(18)30-2)16(12-32(3)29)24-21(27)14-6-5-7-15(20(14)22(24)28)23-19(26)11-25/h5-10,16,25H,4,11-12H2,1-3H3,(H,23,26)/t16-,32?/m1/s1. The van der Waals surface area contributed by atoms with Crippen LogP contribution in [0.3, 0.4) is 0 Å². The van der Waals surface area contributed by atoms with E-state index in [1.54, 1.807) is 18.2 Å². The van der Waals surface area contributed by atoms with Crippen LogP contribution < -0.4 is 14.8 Å². The highest BCUT2D eigenvalue weighted by Gasteiger charge is 2.42. The van der Waals surface area contributed by atoms with Crippen molar-refractivity contribution >= 4 is 34.2 Å². The first-order chi connectivity index (χ1) is 15.3. The molecule has 170 valence electrons. The van der Waals surface area contributed by atoms with E-state index in [0.717, 1.165) is 4.90 Å². The average molecular weight is 461 g/mol. The highest BCUT2D eigenvalue weighted by atomic mass is 32.2. The molecule has 2 N–H and O–H groups in total.